The predicted octanol–water partition coefficient (Wildman–Crippen LogP) is 0.0549. The number of carboxylic acids is 1. The molecular weight excluding hydrogens is 290 g/mol. The summed E-state index contributed by atoms with van der Waals surface area (Å²) in [7, 11) is 0. The second-order valence-corrected chi connectivity index (χ2v) is 6.79. The molecule has 3 N–H and O–H groups in total. The number of nitrogens with one attached hydrogen (secondary N) is 1. The summed E-state index contributed by atoms with van der Waals surface area (Å²) < 4.78 is 11.0. The fourth-order valence-corrected chi connectivity index (χ4v) is 4.06. The van der Waals surface area contributed by atoms with Crippen molar-refractivity contribution in [3.8, 4) is 0 Å². The largest absolute Gasteiger partial charge is 0.481 e. The van der Waals surface area contributed by atoms with Crippen LogP contribution in [0.15, 0.2) is 0 Å². The van der Waals surface area contributed by atoms with Gasteiger partial charge >= 0.3 is 5.97 Å². The Labute approximate surface area is 129 Å². The van der Waals surface area contributed by atoms with E-state index >= 15 is 0 Å². The van der Waals surface area contributed by atoms with E-state index in [0.717, 1.165) is 25.7 Å². The van der Waals surface area contributed by atoms with E-state index in [0.29, 0.717) is 6.61 Å². The lowest BCUT2D eigenvalue weighted by atomic mass is 9.79. The van der Waals surface area contributed by atoms with Gasteiger partial charge in [0.25, 0.3) is 0 Å². The molecule has 0 unspecified atom stereocenters. The van der Waals surface area contributed by atoms with Crippen LogP contribution in [-0.4, -0.2) is 59.7 Å². The van der Waals surface area contributed by atoms with Crippen molar-refractivity contribution < 1.29 is 29.3 Å². The fourth-order valence-electron chi connectivity index (χ4n) is 4.06. The Bertz CT molecular complexity index is 447. The lowest BCUT2D eigenvalue weighted by Gasteiger charge is -2.27. The van der Waals surface area contributed by atoms with Crippen molar-refractivity contribution in [1.82, 2.24) is 5.32 Å². The van der Waals surface area contributed by atoms with Crippen molar-refractivity contribution in [2.75, 3.05) is 13.2 Å². The highest BCUT2D eigenvalue weighted by Crippen LogP contribution is 2.44. The molecule has 3 fully saturated rings. The number of ether oxygens (including phenoxy) is 2. The number of hydrogen-bond donors (Lipinski definition) is 3. The van der Waals surface area contributed by atoms with Crippen LogP contribution in [0.2, 0.25) is 0 Å². The first kappa shape index (κ1) is 15.7. The summed E-state index contributed by atoms with van der Waals surface area (Å²) in [6.45, 7) is 0.550. The smallest absolute Gasteiger partial charge is 0.303 e. The van der Waals surface area contributed by atoms with Gasteiger partial charge < -0.3 is 25.0 Å². The third kappa shape index (κ3) is 3.11. The molecule has 2 aliphatic heterocycles. The van der Waals surface area contributed by atoms with Gasteiger partial charge in [0.1, 0.15) is 18.3 Å². The lowest BCUT2D eigenvalue weighted by Crippen LogP contribution is -2.45. The number of aliphatic carboxylic acids is 1. The highest BCUT2D eigenvalue weighted by atomic mass is 16.6. The molecule has 4 atom stereocenters. The van der Waals surface area contributed by atoms with Gasteiger partial charge in [-0.25, -0.2) is 0 Å². The second kappa shape index (κ2) is 6.14. The third-order valence-electron chi connectivity index (χ3n) is 5.10. The third-order valence-corrected chi connectivity index (χ3v) is 5.10. The summed E-state index contributed by atoms with van der Waals surface area (Å²) in [6, 6.07) is -0.266. The van der Waals surface area contributed by atoms with Gasteiger partial charge in [-0.2, -0.15) is 0 Å². The predicted molar refractivity (Wildman–Crippen MR) is 75.2 cm³/mol. The Morgan fingerprint density at radius 3 is 2.45 bits per heavy atom. The molecule has 0 aromatic rings. The summed E-state index contributed by atoms with van der Waals surface area (Å²) in [6.07, 6.45) is 2.49. The molecule has 0 bridgehead atoms. The van der Waals surface area contributed by atoms with E-state index in [1.807, 2.05) is 0 Å². The molecule has 3 rings (SSSR count). The van der Waals surface area contributed by atoms with Crippen LogP contribution in [0.5, 0.6) is 0 Å². The number of amides is 1. The van der Waals surface area contributed by atoms with Crippen LogP contribution < -0.4 is 5.32 Å². The van der Waals surface area contributed by atoms with Crippen molar-refractivity contribution in [2.24, 2.45) is 5.41 Å². The summed E-state index contributed by atoms with van der Waals surface area (Å²) >= 11 is 0. The standard InChI is InChI=1S/C15H23NO6/c17-10-8-22-13-9(7-21-14(10)13)16-11(18)5-15(6-12(19)20)3-1-2-4-15/h9-10,13-14,17H,1-8H2,(H,16,18)(H,19,20)/t9-,10+,13+,14+/m0/s1. The van der Waals surface area contributed by atoms with Gasteiger partial charge in [0.05, 0.1) is 25.7 Å². The average Bonchev–Trinajstić information content (AvgIpc) is 3.10. The highest BCUT2D eigenvalue weighted by molar-refractivity contribution is 5.78. The maximum Gasteiger partial charge on any atom is 0.303 e. The maximum atomic E-state index is 12.3. The summed E-state index contributed by atoms with van der Waals surface area (Å²) in [5, 5.41) is 21.7. The van der Waals surface area contributed by atoms with Crippen LogP contribution in [0, 0.1) is 5.41 Å². The van der Waals surface area contributed by atoms with E-state index in [1.54, 1.807) is 0 Å². The van der Waals surface area contributed by atoms with Crippen molar-refractivity contribution in [3.05, 3.63) is 0 Å². The fraction of sp³-hybridized carbons (Fsp3) is 0.867. The first-order valence-electron chi connectivity index (χ1n) is 7.92. The molecule has 0 aromatic heterocycles. The van der Waals surface area contributed by atoms with E-state index in [9.17, 15) is 14.7 Å². The van der Waals surface area contributed by atoms with Crippen LogP contribution in [0.4, 0.5) is 0 Å². The molecule has 1 amide bonds. The van der Waals surface area contributed by atoms with Crippen LogP contribution in [0.3, 0.4) is 0 Å². The van der Waals surface area contributed by atoms with Crippen LogP contribution >= 0.6 is 0 Å². The molecule has 2 heterocycles. The quantitative estimate of drug-likeness (QED) is 0.662. The molecule has 0 aromatic carbocycles. The first-order valence-corrected chi connectivity index (χ1v) is 7.92. The van der Waals surface area contributed by atoms with Gasteiger partial charge in [0.2, 0.25) is 5.91 Å². The monoisotopic (exact) mass is 313 g/mol. The molecule has 0 radical (unpaired) electrons. The minimum absolute atomic E-state index is 0.0445. The van der Waals surface area contributed by atoms with Gasteiger partial charge in [-0.1, -0.05) is 12.8 Å². The summed E-state index contributed by atoms with van der Waals surface area (Å²) in [5.74, 6) is -0.997. The molecule has 3 aliphatic rings. The van der Waals surface area contributed by atoms with Gasteiger partial charge in [-0.05, 0) is 18.3 Å². The number of aliphatic hydroxyl groups excluding tert-OH is 1. The number of carboxylic acid groups (broad SMARTS) is 1. The summed E-state index contributed by atoms with van der Waals surface area (Å²) in [5.41, 5.74) is -0.412. The van der Waals surface area contributed by atoms with Crippen molar-refractivity contribution in [1.29, 1.82) is 0 Å². The normalized spacial score (nSPS) is 36.2. The molecular formula is C15H23NO6. The van der Waals surface area contributed by atoms with E-state index in [1.165, 1.54) is 0 Å². The molecule has 1 aliphatic carbocycles. The van der Waals surface area contributed by atoms with Crippen molar-refractivity contribution in [2.45, 2.75) is 62.9 Å². The van der Waals surface area contributed by atoms with Gasteiger partial charge in [-0.15, -0.1) is 0 Å². The number of carbonyl (C=O) groups is 2. The van der Waals surface area contributed by atoms with E-state index in [-0.39, 0.29) is 43.6 Å². The summed E-state index contributed by atoms with van der Waals surface area (Å²) in [4.78, 5) is 23.4. The first-order chi connectivity index (χ1) is 10.5. The second-order valence-electron chi connectivity index (χ2n) is 6.79. The number of fused-ring (bicyclic) bond motifs is 1. The topological polar surface area (TPSA) is 105 Å². The molecule has 7 nitrogen and oxygen atoms in total. The van der Waals surface area contributed by atoms with Crippen molar-refractivity contribution >= 4 is 11.9 Å². The van der Waals surface area contributed by atoms with Gasteiger partial charge in [0, 0.05) is 6.42 Å². The number of aliphatic hydroxyl groups is 1. The Morgan fingerprint density at radius 1 is 1.09 bits per heavy atom. The SMILES string of the molecule is O=C(O)CC1(CC(=O)N[C@H]2CO[C@H]3[C@@H]2OC[C@H]3O)CCCC1. The minimum Gasteiger partial charge on any atom is -0.481 e. The highest BCUT2D eigenvalue weighted by Gasteiger charge is 2.48. The van der Waals surface area contributed by atoms with E-state index < -0.39 is 17.5 Å². The molecule has 1 saturated carbocycles. The van der Waals surface area contributed by atoms with Crippen LogP contribution in [0.1, 0.15) is 38.5 Å². The zero-order valence-corrected chi connectivity index (χ0v) is 12.5. The number of carbonyl (C=O) groups excluding carboxylic acids is 1. The van der Waals surface area contributed by atoms with E-state index in [4.69, 9.17) is 14.6 Å². The van der Waals surface area contributed by atoms with Crippen molar-refractivity contribution in [3.63, 3.8) is 0 Å². The molecule has 124 valence electrons. The van der Waals surface area contributed by atoms with Gasteiger partial charge in [0.15, 0.2) is 0 Å². The average molecular weight is 313 g/mol. The number of rotatable bonds is 5. The molecule has 2 saturated heterocycles. The molecule has 22 heavy (non-hydrogen) atoms. The lowest BCUT2D eigenvalue weighted by molar-refractivity contribution is -0.140. The molecule has 7 heteroatoms. The number of hydrogen-bond acceptors (Lipinski definition) is 5. The van der Waals surface area contributed by atoms with Crippen LogP contribution in [0.25, 0.3) is 0 Å². The van der Waals surface area contributed by atoms with E-state index in [2.05, 4.69) is 5.32 Å². The van der Waals surface area contributed by atoms with Gasteiger partial charge in [-0.3, -0.25) is 9.59 Å². The minimum atomic E-state index is -0.846. The Morgan fingerprint density at radius 2 is 1.77 bits per heavy atom. The van der Waals surface area contributed by atoms with Crippen LogP contribution in [-0.2, 0) is 19.1 Å². The zero-order valence-electron chi connectivity index (χ0n) is 12.5. The molecule has 0 spiro atoms. The Balaban J connectivity index is 1.57. The maximum absolute atomic E-state index is 12.3. The Hall–Kier alpha value is -1.18. The zero-order chi connectivity index (χ0) is 15.7. The Kier molecular flexibility index (Phi) is 4.38.